The van der Waals surface area contributed by atoms with Crippen molar-refractivity contribution in [2.75, 3.05) is 6.61 Å². The minimum atomic E-state index is -1.14. The van der Waals surface area contributed by atoms with Crippen LogP contribution in [-0.4, -0.2) is 45.7 Å². The minimum Gasteiger partial charge on any atom is -0.488 e. The van der Waals surface area contributed by atoms with Crippen molar-refractivity contribution >= 4 is 17.4 Å². The van der Waals surface area contributed by atoms with Crippen LogP contribution >= 0.6 is 0 Å². The molecule has 1 amide bonds. The zero-order chi connectivity index (χ0) is 25.0. The summed E-state index contributed by atoms with van der Waals surface area (Å²) in [5.74, 6) is -1.16. The number of ether oxygens (including phenoxy) is 1. The van der Waals surface area contributed by atoms with E-state index in [0.29, 0.717) is 17.2 Å². The molecule has 0 saturated carbocycles. The maximum absolute atomic E-state index is 12.6. The van der Waals surface area contributed by atoms with Crippen LogP contribution in [0.25, 0.3) is 16.7 Å². The summed E-state index contributed by atoms with van der Waals surface area (Å²) in [5.41, 5.74) is 6.18. The Morgan fingerprint density at radius 2 is 1.80 bits per heavy atom. The first kappa shape index (κ1) is 23.4. The smallest absolute Gasteiger partial charge is 0.352 e. The molecule has 1 saturated heterocycles. The Morgan fingerprint density at radius 1 is 1.11 bits per heavy atom. The summed E-state index contributed by atoms with van der Waals surface area (Å²) in [6.45, 7) is 7.94. The topological polar surface area (TPSA) is 87.1 Å². The van der Waals surface area contributed by atoms with E-state index in [4.69, 9.17) is 4.74 Å². The number of benzene rings is 2. The Morgan fingerprint density at radius 3 is 2.46 bits per heavy atom. The molecule has 0 aromatic heterocycles. The van der Waals surface area contributed by atoms with Crippen LogP contribution in [0.5, 0.6) is 5.75 Å². The fraction of sp³-hybridized carbons (Fsp3) is 0.379. The van der Waals surface area contributed by atoms with Crippen LogP contribution in [-0.2, 0) is 9.59 Å². The Hall–Kier alpha value is -3.38. The molecule has 5 atom stereocenters. The lowest BCUT2D eigenvalue weighted by molar-refractivity contribution is -0.163. The van der Waals surface area contributed by atoms with Crippen molar-refractivity contribution in [1.29, 1.82) is 0 Å². The molecule has 182 valence electrons. The highest BCUT2D eigenvalue weighted by atomic mass is 16.5. The number of amides is 1. The van der Waals surface area contributed by atoms with E-state index in [-0.39, 0.29) is 30.2 Å². The van der Waals surface area contributed by atoms with Crippen LogP contribution in [0.4, 0.5) is 0 Å². The standard InChI is InChI=1S/C29H31NO5/c1-5-15(2)13-21-18-9-6-7-10-19(18)25-20(21)11-8-12-23(25)35-14-22-16(3)26-24(17(4)31)28(32)30(26)27(22)29(33)34/h6-13,15-17,24,26,31H,5,14H2,1-4H3,(H,33,34)/b21-13-/t15?,16-,17?,24+,26?/m0/s1. The first-order chi connectivity index (χ1) is 16.8. The third kappa shape index (κ3) is 3.50. The van der Waals surface area contributed by atoms with Crippen molar-refractivity contribution in [2.24, 2.45) is 17.8 Å². The maximum atomic E-state index is 12.6. The monoisotopic (exact) mass is 473 g/mol. The van der Waals surface area contributed by atoms with Crippen LogP contribution < -0.4 is 4.74 Å². The lowest BCUT2D eigenvalue weighted by atomic mass is 9.78. The number of nitrogens with zero attached hydrogens (tertiary/aromatic N) is 1. The molecule has 35 heavy (non-hydrogen) atoms. The molecule has 1 aliphatic carbocycles. The number of carboxylic acid groups (broad SMARTS) is 1. The van der Waals surface area contributed by atoms with Gasteiger partial charge in [-0.25, -0.2) is 4.79 Å². The van der Waals surface area contributed by atoms with Crippen molar-refractivity contribution < 1.29 is 24.5 Å². The van der Waals surface area contributed by atoms with Crippen molar-refractivity contribution in [2.45, 2.75) is 46.3 Å². The number of aliphatic hydroxyl groups is 1. The van der Waals surface area contributed by atoms with Gasteiger partial charge >= 0.3 is 5.97 Å². The van der Waals surface area contributed by atoms with Gasteiger partial charge in [0, 0.05) is 17.1 Å². The van der Waals surface area contributed by atoms with Crippen molar-refractivity contribution in [3.05, 3.63) is 70.9 Å². The van der Waals surface area contributed by atoms with Gasteiger partial charge in [-0.05, 0) is 41.2 Å². The molecule has 2 aromatic rings. The minimum absolute atomic E-state index is 0.00488. The molecule has 6 heteroatoms. The van der Waals surface area contributed by atoms with Crippen LogP contribution in [0.1, 0.15) is 45.2 Å². The van der Waals surface area contributed by atoms with Crippen molar-refractivity contribution in [3.8, 4) is 16.9 Å². The van der Waals surface area contributed by atoms with E-state index in [1.54, 1.807) is 6.92 Å². The largest absolute Gasteiger partial charge is 0.488 e. The molecule has 2 N–H and O–H groups in total. The Bertz CT molecular complexity index is 1270. The van der Waals surface area contributed by atoms with Crippen LogP contribution in [0.15, 0.2) is 59.8 Å². The van der Waals surface area contributed by atoms with Gasteiger partial charge in [0.1, 0.15) is 18.1 Å². The van der Waals surface area contributed by atoms with Crippen LogP contribution in [0, 0.1) is 17.8 Å². The summed E-state index contributed by atoms with van der Waals surface area (Å²) in [7, 11) is 0. The van der Waals surface area contributed by atoms with Crippen molar-refractivity contribution in [3.63, 3.8) is 0 Å². The molecule has 2 heterocycles. The molecular formula is C29H31NO5. The highest BCUT2D eigenvalue weighted by molar-refractivity contribution is 6.03. The quantitative estimate of drug-likeness (QED) is 0.485. The number of fused-ring (bicyclic) bond motifs is 4. The molecule has 5 rings (SSSR count). The molecule has 3 aliphatic rings. The number of hydrogen-bond acceptors (Lipinski definition) is 4. The molecule has 2 aromatic carbocycles. The molecule has 6 nitrogen and oxygen atoms in total. The number of carbonyl (C=O) groups excluding carboxylic acids is 1. The number of rotatable bonds is 7. The molecule has 0 bridgehead atoms. The summed E-state index contributed by atoms with van der Waals surface area (Å²) in [6, 6.07) is 13.9. The van der Waals surface area contributed by atoms with E-state index in [9.17, 15) is 19.8 Å². The van der Waals surface area contributed by atoms with E-state index in [1.165, 1.54) is 16.0 Å². The summed E-state index contributed by atoms with van der Waals surface area (Å²) in [5, 5.41) is 20.0. The number of β-lactam (4-membered cyclic amide) rings is 1. The van der Waals surface area contributed by atoms with Gasteiger partial charge in [-0.3, -0.25) is 4.79 Å². The second-order valence-electron chi connectivity index (χ2n) is 9.91. The predicted octanol–water partition coefficient (Wildman–Crippen LogP) is 4.72. The zero-order valence-corrected chi connectivity index (χ0v) is 20.5. The summed E-state index contributed by atoms with van der Waals surface area (Å²) >= 11 is 0. The van der Waals surface area contributed by atoms with Gasteiger partial charge in [-0.15, -0.1) is 0 Å². The lowest BCUT2D eigenvalue weighted by Gasteiger charge is -2.46. The molecular weight excluding hydrogens is 442 g/mol. The van der Waals surface area contributed by atoms with Gasteiger partial charge in [0.05, 0.1) is 18.1 Å². The van der Waals surface area contributed by atoms with Crippen LogP contribution in [0.2, 0.25) is 0 Å². The van der Waals surface area contributed by atoms with Gasteiger partial charge in [-0.1, -0.05) is 69.7 Å². The van der Waals surface area contributed by atoms with Gasteiger partial charge < -0.3 is 19.8 Å². The van der Waals surface area contributed by atoms with Gasteiger partial charge in [0.15, 0.2) is 0 Å². The molecule has 0 spiro atoms. The van der Waals surface area contributed by atoms with E-state index >= 15 is 0 Å². The Balaban J connectivity index is 1.51. The molecule has 3 unspecified atom stereocenters. The SMILES string of the molecule is CCC(C)/C=C1/c2ccccc2-c2c(OCC3=C(C(=O)O)N4C(=O)[C@H](C(C)O)C4[C@H]3C)cccc21. The van der Waals surface area contributed by atoms with Gasteiger partial charge in [0.2, 0.25) is 5.91 Å². The number of aliphatic carboxylic acids is 1. The normalized spacial score (nSPS) is 25.2. The Labute approximate surface area is 205 Å². The van der Waals surface area contributed by atoms with E-state index < -0.39 is 18.0 Å². The van der Waals surface area contributed by atoms with E-state index in [1.807, 2.05) is 31.2 Å². The third-order valence-corrected chi connectivity index (χ3v) is 7.80. The lowest BCUT2D eigenvalue weighted by Crippen LogP contribution is -2.63. The summed E-state index contributed by atoms with van der Waals surface area (Å²) < 4.78 is 6.33. The number of allylic oxidation sites excluding steroid dienone is 1. The molecule has 2 aliphatic heterocycles. The number of aliphatic hydroxyl groups excluding tert-OH is 1. The van der Waals surface area contributed by atoms with Gasteiger partial charge in [0.25, 0.3) is 0 Å². The molecule has 0 radical (unpaired) electrons. The number of carbonyl (C=O) groups is 2. The predicted molar refractivity (Wildman–Crippen MR) is 134 cm³/mol. The second-order valence-corrected chi connectivity index (χ2v) is 9.91. The first-order valence-corrected chi connectivity index (χ1v) is 12.3. The highest BCUT2D eigenvalue weighted by Gasteiger charge is 2.59. The second kappa shape index (κ2) is 8.68. The number of hydrogen-bond donors (Lipinski definition) is 2. The Kier molecular flexibility index (Phi) is 5.80. The maximum Gasteiger partial charge on any atom is 0.352 e. The summed E-state index contributed by atoms with van der Waals surface area (Å²) in [4.78, 5) is 26.1. The zero-order valence-electron chi connectivity index (χ0n) is 20.5. The van der Waals surface area contributed by atoms with E-state index in [2.05, 4.69) is 38.1 Å². The fourth-order valence-electron chi connectivity index (χ4n) is 5.81. The highest BCUT2D eigenvalue weighted by Crippen LogP contribution is 2.50. The fourth-order valence-corrected chi connectivity index (χ4v) is 5.81. The van der Waals surface area contributed by atoms with Crippen molar-refractivity contribution in [1.82, 2.24) is 4.90 Å². The average molecular weight is 474 g/mol. The molecule has 1 fully saturated rings. The van der Waals surface area contributed by atoms with Crippen LogP contribution in [0.3, 0.4) is 0 Å². The first-order valence-electron chi connectivity index (χ1n) is 12.3. The summed E-state index contributed by atoms with van der Waals surface area (Å²) in [6.07, 6.45) is 2.53. The third-order valence-electron chi connectivity index (χ3n) is 7.80. The van der Waals surface area contributed by atoms with Gasteiger partial charge in [-0.2, -0.15) is 0 Å². The average Bonchev–Trinajstić information content (AvgIpc) is 3.27. The number of carboxylic acids is 1. The van der Waals surface area contributed by atoms with E-state index in [0.717, 1.165) is 23.1 Å².